The predicted octanol–water partition coefficient (Wildman–Crippen LogP) is 3.89. The average molecular weight is 223 g/mol. The fourth-order valence-electron chi connectivity index (χ4n) is 1.18. The summed E-state index contributed by atoms with van der Waals surface area (Å²) in [6.45, 7) is 6.14. The van der Waals surface area contributed by atoms with Crippen molar-refractivity contribution in [3.8, 4) is 5.75 Å². The number of ether oxygens (including phenoxy) is 1. The van der Waals surface area contributed by atoms with Crippen LogP contribution in [-0.4, -0.2) is 12.5 Å². The Bertz CT molecular complexity index is 355. The lowest BCUT2D eigenvalue weighted by atomic mass is 10.1. The highest BCUT2D eigenvalue weighted by Crippen LogP contribution is 2.21. The van der Waals surface area contributed by atoms with Gasteiger partial charge in [-0.3, -0.25) is 0 Å². The Morgan fingerprint density at radius 1 is 1.47 bits per heavy atom. The first-order valence-corrected chi connectivity index (χ1v) is 5.37. The molecule has 0 heterocycles. The van der Waals surface area contributed by atoms with E-state index in [1.165, 1.54) is 0 Å². The zero-order valence-electron chi connectivity index (χ0n) is 8.87. The van der Waals surface area contributed by atoms with Gasteiger partial charge < -0.3 is 4.74 Å². The molecule has 0 spiro atoms. The summed E-state index contributed by atoms with van der Waals surface area (Å²) in [6, 6.07) is 7.88. The standard InChI is InChI=1S/C13H15ClO/c1-3-8-15-13-7-5-4-6-12(13)9-11(2)10-14/h3-7,9H,1,8,10H2,2H3. The second-order valence-corrected chi connectivity index (χ2v) is 3.53. The molecule has 0 fully saturated rings. The molecular formula is C13H15ClO. The zero-order valence-corrected chi connectivity index (χ0v) is 9.63. The van der Waals surface area contributed by atoms with Crippen LogP contribution in [0.2, 0.25) is 0 Å². The molecule has 80 valence electrons. The lowest BCUT2D eigenvalue weighted by molar-refractivity contribution is 0.362. The summed E-state index contributed by atoms with van der Waals surface area (Å²) in [7, 11) is 0. The molecule has 0 N–H and O–H groups in total. The molecule has 1 aromatic carbocycles. The van der Waals surface area contributed by atoms with Gasteiger partial charge in [0.25, 0.3) is 0 Å². The molecule has 0 aliphatic rings. The van der Waals surface area contributed by atoms with E-state index in [2.05, 4.69) is 6.58 Å². The summed E-state index contributed by atoms with van der Waals surface area (Å²) >= 11 is 5.73. The van der Waals surface area contributed by atoms with Crippen LogP contribution in [0.25, 0.3) is 6.08 Å². The Balaban J connectivity index is 2.90. The van der Waals surface area contributed by atoms with E-state index in [9.17, 15) is 0 Å². The third-order valence-electron chi connectivity index (χ3n) is 1.89. The molecule has 0 aliphatic carbocycles. The van der Waals surface area contributed by atoms with Crippen LogP contribution in [0.1, 0.15) is 12.5 Å². The monoisotopic (exact) mass is 222 g/mol. The van der Waals surface area contributed by atoms with Crippen LogP contribution in [0, 0.1) is 0 Å². The van der Waals surface area contributed by atoms with Gasteiger partial charge in [0.2, 0.25) is 0 Å². The molecule has 0 saturated carbocycles. The van der Waals surface area contributed by atoms with Crippen LogP contribution >= 0.6 is 11.6 Å². The number of benzene rings is 1. The van der Waals surface area contributed by atoms with Crippen molar-refractivity contribution in [3.05, 3.63) is 48.1 Å². The Hall–Kier alpha value is -1.21. The Kier molecular flexibility index (Phi) is 4.99. The molecule has 0 bridgehead atoms. The van der Waals surface area contributed by atoms with Gasteiger partial charge >= 0.3 is 0 Å². The number of allylic oxidation sites excluding steroid dienone is 1. The molecule has 0 aromatic heterocycles. The molecule has 0 atom stereocenters. The van der Waals surface area contributed by atoms with Crippen molar-refractivity contribution in [2.45, 2.75) is 6.92 Å². The number of hydrogen-bond acceptors (Lipinski definition) is 1. The zero-order chi connectivity index (χ0) is 11.1. The van der Waals surface area contributed by atoms with Gasteiger partial charge in [0.15, 0.2) is 0 Å². The van der Waals surface area contributed by atoms with Gasteiger partial charge in [-0.2, -0.15) is 0 Å². The van der Waals surface area contributed by atoms with Crippen molar-refractivity contribution >= 4 is 17.7 Å². The van der Waals surface area contributed by atoms with Gasteiger partial charge in [0.1, 0.15) is 12.4 Å². The molecule has 1 aromatic rings. The number of para-hydroxylation sites is 1. The second kappa shape index (κ2) is 6.31. The minimum Gasteiger partial charge on any atom is -0.489 e. The first-order chi connectivity index (χ1) is 7.27. The van der Waals surface area contributed by atoms with E-state index in [1.54, 1.807) is 6.08 Å². The molecule has 0 amide bonds. The second-order valence-electron chi connectivity index (χ2n) is 3.26. The highest BCUT2D eigenvalue weighted by Gasteiger charge is 1.99. The average Bonchev–Trinajstić information content (AvgIpc) is 2.28. The third-order valence-corrected chi connectivity index (χ3v) is 2.31. The van der Waals surface area contributed by atoms with Gasteiger partial charge in [-0.05, 0) is 13.0 Å². The highest BCUT2D eigenvalue weighted by atomic mass is 35.5. The normalized spacial score (nSPS) is 11.2. The number of alkyl halides is 1. The quantitative estimate of drug-likeness (QED) is 0.543. The van der Waals surface area contributed by atoms with E-state index in [0.29, 0.717) is 12.5 Å². The summed E-state index contributed by atoms with van der Waals surface area (Å²) in [6.07, 6.45) is 3.76. The van der Waals surface area contributed by atoms with Gasteiger partial charge in [0.05, 0.1) is 0 Å². The molecule has 0 unspecified atom stereocenters. The lowest BCUT2D eigenvalue weighted by Gasteiger charge is -2.07. The fraction of sp³-hybridized carbons (Fsp3) is 0.231. The van der Waals surface area contributed by atoms with Crippen molar-refractivity contribution in [3.63, 3.8) is 0 Å². The lowest BCUT2D eigenvalue weighted by Crippen LogP contribution is -1.94. The van der Waals surface area contributed by atoms with Crippen molar-refractivity contribution < 1.29 is 4.74 Å². The molecule has 1 nitrogen and oxygen atoms in total. The van der Waals surface area contributed by atoms with Gasteiger partial charge in [-0.25, -0.2) is 0 Å². The molecular weight excluding hydrogens is 208 g/mol. The summed E-state index contributed by atoms with van der Waals surface area (Å²) in [5.74, 6) is 1.40. The summed E-state index contributed by atoms with van der Waals surface area (Å²) < 4.78 is 5.53. The maximum absolute atomic E-state index is 5.73. The van der Waals surface area contributed by atoms with Crippen LogP contribution in [0.3, 0.4) is 0 Å². The largest absolute Gasteiger partial charge is 0.489 e. The third kappa shape index (κ3) is 3.80. The summed E-state index contributed by atoms with van der Waals surface area (Å²) in [5, 5.41) is 0. The minimum atomic E-state index is 0.519. The van der Waals surface area contributed by atoms with Crippen LogP contribution in [-0.2, 0) is 0 Å². The fourth-order valence-corrected chi connectivity index (χ4v) is 1.26. The van der Waals surface area contributed by atoms with Gasteiger partial charge in [-0.1, -0.05) is 42.5 Å². The van der Waals surface area contributed by atoms with Crippen molar-refractivity contribution in [1.82, 2.24) is 0 Å². The molecule has 2 heteroatoms. The minimum absolute atomic E-state index is 0.519. The predicted molar refractivity (Wildman–Crippen MR) is 66.5 cm³/mol. The summed E-state index contributed by atoms with van der Waals surface area (Å²) in [4.78, 5) is 0. The Morgan fingerprint density at radius 2 is 2.20 bits per heavy atom. The molecule has 0 radical (unpaired) electrons. The van der Waals surface area contributed by atoms with Crippen LogP contribution < -0.4 is 4.74 Å². The van der Waals surface area contributed by atoms with Crippen LogP contribution in [0.4, 0.5) is 0 Å². The smallest absolute Gasteiger partial charge is 0.126 e. The molecule has 1 rings (SSSR count). The van der Waals surface area contributed by atoms with Crippen LogP contribution in [0.15, 0.2) is 42.5 Å². The van der Waals surface area contributed by atoms with Crippen molar-refractivity contribution in [1.29, 1.82) is 0 Å². The maximum Gasteiger partial charge on any atom is 0.126 e. The van der Waals surface area contributed by atoms with E-state index < -0.39 is 0 Å². The van der Waals surface area contributed by atoms with Crippen molar-refractivity contribution in [2.75, 3.05) is 12.5 Å². The van der Waals surface area contributed by atoms with Gasteiger partial charge in [0, 0.05) is 11.4 Å². The van der Waals surface area contributed by atoms with E-state index in [4.69, 9.17) is 16.3 Å². The maximum atomic E-state index is 5.73. The van der Waals surface area contributed by atoms with Crippen LogP contribution in [0.5, 0.6) is 5.75 Å². The van der Waals surface area contributed by atoms with E-state index >= 15 is 0 Å². The number of hydrogen-bond donors (Lipinski definition) is 0. The topological polar surface area (TPSA) is 9.23 Å². The molecule has 15 heavy (non-hydrogen) atoms. The highest BCUT2D eigenvalue weighted by molar-refractivity contribution is 6.19. The van der Waals surface area contributed by atoms with Gasteiger partial charge in [-0.15, -0.1) is 11.6 Å². The molecule has 0 aliphatic heterocycles. The summed E-state index contributed by atoms with van der Waals surface area (Å²) in [5.41, 5.74) is 2.17. The Labute approximate surface area is 96.0 Å². The molecule has 0 saturated heterocycles. The van der Waals surface area contributed by atoms with Crippen molar-refractivity contribution in [2.24, 2.45) is 0 Å². The number of halogens is 1. The van der Waals surface area contributed by atoms with E-state index in [-0.39, 0.29) is 0 Å². The first kappa shape index (κ1) is 11.9. The van der Waals surface area contributed by atoms with E-state index in [1.807, 2.05) is 37.3 Å². The van der Waals surface area contributed by atoms with E-state index in [0.717, 1.165) is 16.9 Å². The number of rotatable bonds is 5. The SMILES string of the molecule is C=CCOc1ccccc1C=C(C)CCl. The first-order valence-electron chi connectivity index (χ1n) is 4.83. The Morgan fingerprint density at radius 3 is 2.87 bits per heavy atom.